The van der Waals surface area contributed by atoms with Gasteiger partial charge in [0.15, 0.2) is 0 Å². The van der Waals surface area contributed by atoms with Crippen LogP contribution in [0.15, 0.2) is 12.3 Å². The molecule has 9 heavy (non-hydrogen) atoms. The normalized spacial score (nSPS) is 32.2. The molecule has 1 atom stereocenters. The van der Waals surface area contributed by atoms with E-state index in [-0.39, 0.29) is 17.0 Å². The van der Waals surface area contributed by atoms with Gasteiger partial charge >= 0.3 is 0 Å². The van der Waals surface area contributed by atoms with Crippen molar-refractivity contribution in [2.24, 2.45) is 0 Å². The molecule has 0 radical (unpaired) electrons. The second-order valence-corrected chi connectivity index (χ2v) is 2.69. The molecule has 1 aliphatic heterocycles. The van der Waals surface area contributed by atoms with E-state index >= 15 is 0 Å². The molecule has 0 amide bonds. The third-order valence-electron chi connectivity index (χ3n) is 1.99. The van der Waals surface area contributed by atoms with Crippen LogP contribution in [-0.4, -0.2) is 24.6 Å². The van der Waals surface area contributed by atoms with Gasteiger partial charge in [0.25, 0.3) is 0 Å². The molecule has 54 valence electrons. The fraction of sp³-hybridized carbons (Fsp3) is 0.714. The maximum Gasteiger partial charge on any atom is 0.0918 e. The Morgan fingerprint density at radius 3 is 2.44 bits per heavy atom. The number of rotatable bonds is 1. The van der Waals surface area contributed by atoms with Crippen molar-refractivity contribution in [3.63, 3.8) is 0 Å². The molecule has 0 aliphatic carbocycles. The van der Waals surface area contributed by atoms with Crippen LogP contribution in [0, 0.1) is 0 Å². The smallest absolute Gasteiger partial charge is 0.0918 e. The van der Waals surface area contributed by atoms with Gasteiger partial charge in [0.1, 0.15) is 0 Å². The van der Waals surface area contributed by atoms with Crippen molar-refractivity contribution in [3.8, 4) is 0 Å². The Bertz CT molecular complexity index is 111. The molecular formula is C7H14BrN. The Kier molecular flexibility index (Phi) is 3.44. The second kappa shape index (κ2) is 3.37. The van der Waals surface area contributed by atoms with E-state index in [9.17, 15) is 0 Å². The molecule has 1 unspecified atom stereocenters. The lowest BCUT2D eigenvalue weighted by Gasteiger charge is -2.23. The predicted molar refractivity (Wildman–Crippen MR) is 35.3 cm³/mol. The SMILES string of the molecule is CC[N+]1(C)C=CCC1.[Br-]. The molecule has 0 aromatic rings. The van der Waals surface area contributed by atoms with Gasteiger partial charge in [0.05, 0.1) is 26.3 Å². The first kappa shape index (κ1) is 9.18. The van der Waals surface area contributed by atoms with Crippen LogP contribution in [0.3, 0.4) is 0 Å². The van der Waals surface area contributed by atoms with Crippen molar-refractivity contribution in [1.82, 2.24) is 0 Å². The monoisotopic (exact) mass is 191 g/mol. The molecule has 0 saturated carbocycles. The van der Waals surface area contributed by atoms with Gasteiger partial charge in [-0.05, 0) is 13.0 Å². The van der Waals surface area contributed by atoms with Crippen LogP contribution in [0.1, 0.15) is 13.3 Å². The van der Waals surface area contributed by atoms with Crippen LogP contribution < -0.4 is 17.0 Å². The predicted octanol–water partition coefficient (Wildman–Crippen LogP) is -1.63. The standard InChI is InChI=1S/C7H14N.BrH/c1-3-8(2)6-4-5-7-8;/h4,6H,3,5,7H2,1-2H3;1H/q+1;/p-1. The van der Waals surface area contributed by atoms with Crippen molar-refractivity contribution >= 4 is 0 Å². The number of halogens is 1. The van der Waals surface area contributed by atoms with E-state index in [0.29, 0.717) is 0 Å². The Labute approximate surface area is 67.7 Å². The maximum absolute atomic E-state index is 2.29. The maximum atomic E-state index is 2.29. The molecule has 1 rings (SSSR count). The molecule has 0 N–H and O–H groups in total. The molecule has 2 heteroatoms. The quantitative estimate of drug-likeness (QED) is 0.438. The minimum absolute atomic E-state index is 0. The highest BCUT2D eigenvalue weighted by atomic mass is 79.9. The summed E-state index contributed by atoms with van der Waals surface area (Å²) in [7, 11) is 2.27. The van der Waals surface area contributed by atoms with E-state index in [1.54, 1.807) is 0 Å². The van der Waals surface area contributed by atoms with Gasteiger partial charge in [-0.1, -0.05) is 0 Å². The lowest BCUT2D eigenvalue weighted by atomic mass is 10.4. The van der Waals surface area contributed by atoms with Crippen LogP contribution in [-0.2, 0) is 0 Å². The van der Waals surface area contributed by atoms with Crippen molar-refractivity contribution in [2.75, 3.05) is 20.1 Å². The van der Waals surface area contributed by atoms with Crippen LogP contribution in [0.5, 0.6) is 0 Å². The Morgan fingerprint density at radius 2 is 2.22 bits per heavy atom. The Hall–Kier alpha value is 0.180. The van der Waals surface area contributed by atoms with Gasteiger partial charge in [0.2, 0.25) is 0 Å². The molecule has 0 fully saturated rings. The fourth-order valence-corrected chi connectivity index (χ4v) is 1.04. The molecule has 1 aliphatic rings. The lowest BCUT2D eigenvalue weighted by Crippen LogP contribution is -3.00. The summed E-state index contributed by atoms with van der Waals surface area (Å²) >= 11 is 0. The summed E-state index contributed by atoms with van der Waals surface area (Å²) in [5.41, 5.74) is 0. The fourth-order valence-electron chi connectivity index (χ4n) is 1.04. The van der Waals surface area contributed by atoms with Gasteiger partial charge in [-0.3, -0.25) is 4.48 Å². The molecule has 0 aromatic carbocycles. The summed E-state index contributed by atoms with van der Waals surface area (Å²) in [5, 5.41) is 0. The Morgan fingerprint density at radius 1 is 1.56 bits per heavy atom. The van der Waals surface area contributed by atoms with Gasteiger partial charge in [-0.2, -0.15) is 0 Å². The van der Waals surface area contributed by atoms with Gasteiger partial charge < -0.3 is 17.0 Å². The van der Waals surface area contributed by atoms with Crippen LogP contribution in [0.25, 0.3) is 0 Å². The molecule has 1 nitrogen and oxygen atoms in total. The van der Waals surface area contributed by atoms with E-state index in [2.05, 4.69) is 26.2 Å². The largest absolute Gasteiger partial charge is 1.00 e. The number of nitrogens with zero attached hydrogens (tertiary/aromatic N) is 1. The topological polar surface area (TPSA) is 0 Å². The summed E-state index contributed by atoms with van der Waals surface area (Å²) < 4.78 is 1.14. The first-order chi connectivity index (χ1) is 3.77. The van der Waals surface area contributed by atoms with Crippen molar-refractivity contribution in [1.29, 1.82) is 0 Å². The second-order valence-electron chi connectivity index (χ2n) is 2.69. The van der Waals surface area contributed by atoms with Gasteiger partial charge in [-0.25, -0.2) is 0 Å². The molecule has 0 aromatic heterocycles. The average molecular weight is 192 g/mol. The molecule has 0 saturated heterocycles. The van der Waals surface area contributed by atoms with Crippen molar-refractivity contribution in [2.45, 2.75) is 13.3 Å². The number of quaternary nitrogens is 1. The molecule has 1 heterocycles. The van der Waals surface area contributed by atoms with Crippen molar-refractivity contribution < 1.29 is 21.5 Å². The van der Waals surface area contributed by atoms with Gasteiger partial charge in [-0.15, -0.1) is 0 Å². The summed E-state index contributed by atoms with van der Waals surface area (Å²) in [6.07, 6.45) is 5.83. The number of hydrogen-bond acceptors (Lipinski definition) is 0. The highest BCUT2D eigenvalue weighted by Gasteiger charge is 2.18. The summed E-state index contributed by atoms with van der Waals surface area (Å²) in [6.45, 7) is 4.77. The van der Waals surface area contributed by atoms with E-state index in [1.165, 1.54) is 19.5 Å². The highest BCUT2D eigenvalue weighted by molar-refractivity contribution is 4.80. The first-order valence-corrected chi connectivity index (χ1v) is 3.29. The first-order valence-electron chi connectivity index (χ1n) is 3.29. The van der Waals surface area contributed by atoms with E-state index < -0.39 is 0 Å². The molecule has 0 spiro atoms. The third-order valence-corrected chi connectivity index (χ3v) is 1.99. The van der Waals surface area contributed by atoms with Crippen LogP contribution in [0.4, 0.5) is 0 Å². The van der Waals surface area contributed by atoms with Gasteiger partial charge in [0, 0.05) is 6.42 Å². The molecular weight excluding hydrogens is 178 g/mol. The summed E-state index contributed by atoms with van der Waals surface area (Å²) in [5.74, 6) is 0. The zero-order chi connectivity index (χ0) is 6.04. The van der Waals surface area contributed by atoms with E-state index in [4.69, 9.17) is 0 Å². The minimum Gasteiger partial charge on any atom is -1.00 e. The van der Waals surface area contributed by atoms with E-state index in [0.717, 1.165) is 4.48 Å². The van der Waals surface area contributed by atoms with Crippen LogP contribution in [0.2, 0.25) is 0 Å². The summed E-state index contributed by atoms with van der Waals surface area (Å²) in [4.78, 5) is 0. The Balaban J connectivity index is 0.000000640. The minimum atomic E-state index is 0. The zero-order valence-corrected chi connectivity index (χ0v) is 7.69. The molecule has 0 bridgehead atoms. The lowest BCUT2D eigenvalue weighted by molar-refractivity contribution is -0.851. The average Bonchev–Trinajstić information content (AvgIpc) is 2.17. The highest BCUT2D eigenvalue weighted by Crippen LogP contribution is 2.11. The zero-order valence-electron chi connectivity index (χ0n) is 6.10. The van der Waals surface area contributed by atoms with E-state index in [1.807, 2.05) is 0 Å². The van der Waals surface area contributed by atoms with Crippen molar-refractivity contribution in [3.05, 3.63) is 12.3 Å². The summed E-state index contributed by atoms with van der Waals surface area (Å²) in [6, 6.07) is 0. The third kappa shape index (κ3) is 2.11. The number of hydrogen-bond donors (Lipinski definition) is 0. The van der Waals surface area contributed by atoms with Crippen LogP contribution >= 0.6 is 0 Å².